The minimum Gasteiger partial charge on any atom is -0.497 e. The molecule has 1 atom stereocenters. The molecule has 1 heterocycles. The first-order valence-corrected chi connectivity index (χ1v) is 9.00. The number of benzene rings is 2. The van der Waals surface area contributed by atoms with Gasteiger partial charge in [0.05, 0.1) is 13.0 Å². The molecule has 7 heteroatoms. The minimum absolute atomic E-state index is 0.115. The van der Waals surface area contributed by atoms with E-state index in [0.717, 1.165) is 28.6 Å². The molecule has 0 aliphatic rings. The van der Waals surface area contributed by atoms with Crippen LogP contribution >= 0.6 is 11.8 Å². The molecular formula is C19H18N2O4S. The van der Waals surface area contributed by atoms with Gasteiger partial charge in [-0.2, -0.15) is 0 Å². The zero-order valence-corrected chi connectivity index (χ0v) is 15.0. The summed E-state index contributed by atoms with van der Waals surface area (Å²) < 4.78 is 10.9. The van der Waals surface area contributed by atoms with Crippen LogP contribution in [0.4, 0.5) is 0 Å². The SMILES string of the molecule is COc1ccc(CC(c2ccccc2)c2nnc(SCC(=O)O)o2)cc1. The van der Waals surface area contributed by atoms with Crippen molar-refractivity contribution in [2.75, 3.05) is 12.9 Å². The molecule has 0 saturated heterocycles. The highest BCUT2D eigenvalue weighted by Crippen LogP contribution is 2.30. The van der Waals surface area contributed by atoms with Gasteiger partial charge in [0.15, 0.2) is 0 Å². The second-order valence-corrected chi connectivity index (χ2v) is 6.53. The van der Waals surface area contributed by atoms with Crippen molar-refractivity contribution in [2.24, 2.45) is 0 Å². The van der Waals surface area contributed by atoms with Crippen LogP contribution in [0.15, 0.2) is 64.2 Å². The van der Waals surface area contributed by atoms with E-state index in [0.29, 0.717) is 12.3 Å². The molecule has 0 spiro atoms. The fraction of sp³-hybridized carbons (Fsp3) is 0.211. The molecule has 1 aromatic heterocycles. The van der Waals surface area contributed by atoms with Crippen molar-refractivity contribution in [1.29, 1.82) is 0 Å². The zero-order valence-electron chi connectivity index (χ0n) is 14.2. The summed E-state index contributed by atoms with van der Waals surface area (Å²) >= 11 is 1.02. The van der Waals surface area contributed by atoms with Crippen LogP contribution in [0.1, 0.15) is 22.9 Å². The maximum Gasteiger partial charge on any atom is 0.314 e. The fourth-order valence-electron chi connectivity index (χ4n) is 2.57. The number of ether oxygens (including phenoxy) is 1. The van der Waals surface area contributed by atoms with E-state index in [9.17, 15) is 4.79 Å². The lowest BCUT2D eigenvalue weighted by Crippen LogP contribution is -2.05. The van der Waals surface area contributed by atoms with Crippen LogP contribution in [-0.4, -0.2) is 34.1 Å². The quantitative estimate of drug-likeness (QED) is 0.606. The van der Waals surface area contributed by atoms with Crippen LogP contribution < -0.4 is 4.74 Å². The third-order valence-electron chi connectivity index (χ3n) is 3.84. The Morgan fingerprint density at radius 3 is 2.54 bits per heavy atom. The van der Waals surface area contributed by atoms with Gasteiger partial charge in [-0.15, -0.1) is 10.2 Å². The molecule has 0 radical (unpaired) electrons. The van der Waals surface area contributed by atoms with E-state index < -0.39 is 5.97 Å². The van der Waals surface area contributed by atoms with Crippen LogP contribution in [0.5, 0.6) is 5.75 Å². The highest BCUT2D eigenvalue weighted by Gasteiger charge is 2.22. The Balaban J connectivity index is 1.85. The number of hydrogen-bond acceptors (Lipinski definition) is 6. The number of hydrogen-bond donors (Lipinski definition) is 1. The van der Waals surface area contributed by atoms with Crippen LogP contribution in [-0.2, 0) is 11.2 Å². The van der Waals surface area contributed by atoms with Crippen molar-refractivity contribution in [3.8, 4) is 5.75 Å². The molecule has 0 aliphatic carbocycles. The monoisotopic (exact) mass is 370 g/mol. The first-order valence-electron chi connectivity index (χ1n) is 8.01. The lowest BCUT2D eigenvalue weighted by Gasteiger charge is -2.14. The van der Waals surface area contributed by atoms with Gasteiger partial charge in [-0.25, -0.2) is 0 Å². The number of thioether (sulfide) groups is 1. The number of carboxylic acid groups (broad SMARTS) is 1. The topological polar surface area (TPSA) is 85.5 Å². The van der Waals surface area contributed by atoms with Gasteiger partial charge in [0.25, 0.3) is 5.22 Å². The molecule has 1 unspecified atom stereocenters. The number of carbonyl (C=O) groups is 1. The first kappa shape index (κ1) is 18.0. The van der Waals surface area contributed by atoms with E-state index in [1.165, 1.54) is 0 Å². The predicted molar refractivity (Wildman–Crippen MR) is 97.6 cm³/mol. The lowest BCUT2D eigenvalue weighted by molar-refractivity contribution is -0.133. The largest absolute Gasteiger partial charge is 0.497 e. The van der Waals surface area contributed by atoms with Gasteiger partial charge in [0.1, 0.15) is 11.5 Å². The van der Waals surface area contributed by atoms with E-state index in [1.54, 1.807) is 7.11 Å². The average molecular weight is 370 g/mol. The smallest absolute Gasteiger partial charge is 0.314 e. The summed E-state index contributed by atoms with van der Waals surface area (Å²) in [6, 6.07) is 17.8. The Morgan fingerprint density at radius 2 is 1.88 bits per heavy atom. The Kier molecular flexibility index (Phi) is 5.91. The van der Waals surface area contributed by atoms with E-state index in [1.807, 2.05) is 54.6 Å². The zero-order chi connectivity index (χ0) is 18.4. The maximum atomic E-state index is 10.7. The standard InChI is InChI=1S/C19H18N2O4S/c1-24-15-9-7-13(8-10-15)11-16(14-5-3-2-4-6-14)18-20-21-19(25-18)26-12-17(22)23/h2-10,16H,11-12H2,1H3,(H,22,23). The molecule has 3 aromatic rings. The normalized spacial score (nSPS) is 11.9. The fourth-order valence-corrected chi connectivity index (χ4v) is 3.06. The molecular weight excluding hydrogens is 352 g/mol. The maximum absolute atomic E-state index is 10.7. The van der Waals surface area contributed by atoms with Crippen molar-refractivity contribution in [2.45, 2.75) is 17.6 Å². The Bertz CT molecular complexity index is 849. The van der Waals surface area contributed by atoms with Crippen molar-refractivity contribution < 1.29 is 19.1 Å². The number of aliphatic carboxylic acids is 1. The van der Waals surface area contributed by atoms with Gasteiger partial charge in [0, 0.05) is 0 Å². The molecule has 1 N–H and O–H groups in total. The molecule has 0 saturated carbocycles. The second kappa shape index (κ2) is 8.53. The second-order valence-electron chi connectivity index (χ2n) is 5.60. The summed E-state index contributed by atoms with van der Waals surface area (Å²) in [5, 5.41) is 17.2. The van der Waals surface area contributed by atoms with Gasteiger partial charge in [-0.05, 0) is 29.7 Å². The van der Waals surface area contributed by atoms with E-state index in [2.05, 4.69) is 10.2 Å². The number of carboxylic acids is 1. The van der Waals surface area contributed by atoms with Gasteiger partial charge in [0.2, 0.25) is 5.89 Å². The number of methoxy groups -OCH3 is 1. The van der Waals surface area contributed by atoms with Gasteiger partial charge in [-0.1, -0.05) is 54.2 Å². The first-order chi connectivity index (χ1) is 12.7. The Morgan fingerprint density at radius 1 is 1.15 bits per heavy atom. The highest BCUT2D eigenvalue weighted by atomic mass is 32.2. The summed E-state index contributed by atoms with van der Waals surface area (Å²) in [7, 11) is 1.64. The molecule has 0 aliphatic heterocycles. The minimum atomic E-state index is -0.924. The van der Waals surface area contributed by atoms with Crippen LogP contribution in [0.2, 0.25) is 0 Å². The number of nitrogens with zero attached hydrogens (tertiary/aromatic N) is 2. The van der Waals surface area contributed by atoms with Crippen LogP contribution in [0, 0.1) is 0 Å². The van der Waals surface area contributed by atoms with Crippen LogP contribution in [0.25, 0.3) is 0 Å². The summed E-state index contributed by atoms with van der Waals surface area (Å²) in [5.74, 6) is 0.120. The summed E-state index contributed by atoms with van der Waals surface area (Å²) in [6.07, 6.45) is 0.680. The average Bonchev–Trinajstić information content (AvgIpc) is 3.14. The van der Waals surface area contributed by atoms with Crippen molar-refractivity contribution >= 4 is 17.7 Å². The summed E-state index contributed by atoms with van der Waals surface area (Å²) in [6.45, 7) is 0. The molecule has 26 heavy (non-hydrogen) atoms. The molecule has 0 bridgehead atoms. The van der Waals surface area contributed by atoms with Crippen LogP contribution in [0.3, 0.4) is 0 Å². The van der Waals surface area contributed by atoms with Crippen molar-refractivity contribution in [3.63, 3.8) is 0 Å². The number of rotatable bonds is 8. The van der Waals surface area contributed by atoms with Gasteiger partial charge >= 0.3 is 5.97 Å². The third-order valence-corrected chi connectivity index (χ3v) is 4.64. The van der Waals surface area contributed by atoms with Gasteiger partial charge < -0.3 is 14.3 Å². The van der Waals surface area contributed by atoms with E-state index in [-0.39, 0.29) is 16.9 Å². The van der Waals surface area contributed by atoms with Crippen molar-refractivity contribution in [1.82, 2.24) is 10.2 Å². The summed E-state index contributed by atoms with van der Waals surface area (Å²) in [4.78, 5) is 10.7. The van der Waals surface area contributed by atoms with E-state index >= 15 is 0 Å². The third kappa shape index (κ3) is 4.64. The highest BCUT2D eigenvalue weighted by molar-refractivity contribution is 7.99. The summed E-state index contributed by atoms with van der Waals surface area (Å²) in [5.41, 5.74) is 2.17. The van der Waals surface area contributed by atoms with Crippen molar-refractivity contribution in [3.05, 3.63) is 71.6 Å². The molecule has 0 fully saturated rings. The predicted octanol–water partition coefficient (Wildman–Crippen LogP) is 3.63. The molecule has 6 nitrogen and oxygen atoms in total. The molecule has 2 aromatic carbocycles. The lowest BCUT2D eigenvalue weighted by atomic mass is 9.92. The Hall–Kier alpha value is -2.80. The molecule has 0 amide bonds. The molecule has 134 valence electrons. The Labute approximate surface area is 155 Å². The number of aromatic nitrogens is 2. The molecule has 3 rings (SSSR count). The van der Waals surface area contributed by atoms with Gasteiger partial charge in [-0.3, -0.25) is 4.79 Å². The van der Waals surface area contributed by atoms with E-state index in [4.69, 9.17) is 14.3 Å².